The highest BCUT2D eigenvalue weighted by molar-refractivity contribution is 5.88. The zero-order chi connectivity index (χ0) is 27.4. The molecule has 0 saturated carbocycles. The van der Waals surface area contributed by atoms with Crippen LogP contribution in [0, 0.1) is 5.82 Å². The van der Waals surface area contributed by atoms with Crippen molar-refractivity contribution in [1.29, 1.82) is 0 Å². The number of aryl methyl sites for hydroxylation is 1. The predicted molar refractivity (Wildman–Crippen MR) is 140 cm³/mol. The van der Waals surface area contributed by atoms with E-state index in [2.05, 4.69) is 25.3 Å². The summed E-state index contributed by atoms with van der Waals surface area (Å²) in [6.07, 6.45) is 5.07. The van der Waals surface area contributed by atoms with Crippen LogP contribution in [0.2, 0.25) is 0 Å². The Morgan fingerprint density at radius 1 is 1.24 bits per heavy atom. The molecular weight excluding hydrogens is 491 g/mol. The summed E-state index contributed by atoms with van der Waals surface area (Å²) in [5.74, 6) is -0.245. The maximum absolute atomic E-state index is 14.4. The SMILES string of the molecule is CCOC(=O)c1cnc2ccc(N3CCCC3c3cc(F)cnc3CC[C@@H](C)NC(=O)OC(C)(C)C)nn12. The topological polar surface area (TPSA) is 111 Å². The number of aromatic nitrogens is 4. The van der Waals surface area contributed by atoms with Crippen molar-refractivity contribution in [3.8, 4) is 0 Å². The standard InChI is InChI=1S/C27H35FN6O4/c1-6-37-25(35)22-16-30-23-11-12-24(32-34(22)23)33-13-7-8-21(33)19-14-18(28)15-29-20(19)10-9-17(2)31-26(36)38-27(3,4)5/h11-12,14-17,21H,6-10,13H2,1-5H3,(H,31,36)/t17-,21?/m1/s1. The smallest absolute Gasteiger partial charge is 0.407 e. The van der Waals surface area contributed by atoms with Gasteiger partial charge in [-0.2, -0.15) is 0 Å². The van der Waals surface area contributed by atoms with Crippen molar-refractivity contribution in [2.75, 3.05) is 18.1 Å². The number of hydrogen-bond acceptors (Lipinski definition) is 8. The number of pyridine rings is 1. The molecule has 0 aliphatic carbocycles. The summed E-state index contributed by atoms with van der Waals surface area (Å²) in [4.78, 5) is 35.3. The second kappa shape index (κ2) is 11.3. The van der Waals surface area contributed by atoms with Gasteiger partial charge in [0, 0.05) is 18.3 Å². The molecule has 3 aromatic rings. The highest BCUT2D eigenvalue weighted by Crippen LogP contribution is 2.37. The van der Waals surface area contributed by atoms with Crippen LogP contribution in [0.4, 0.5) is 15.0 Å². The molecule has 1 aliphatic rings. The average Bonchev–Trinajstić information content (AvgIpc) is 3.49. The van der Waals surface area contributed by atoms with Crippen LogP contribution in [0.15, 0.2) is 30.6 Å². The number of esters is 1. The van der Waals surface area contributed by atoms with Gasteiger partial charge in [-0.05, 0) is 84.1 Å². The molecule has 1 fully saturated rings. The van der Waals surface area contributed by atoms with Crippen LogP contribution in [-0.2, 0) is 15.9 Å². The van der Waals surface area contributed by atoms with Crippen molar-refractivity contribution in [2.24, 2.45) is 0 Å². The zero-order valence-corrected chi connectivity index (χ0v) is 22.5. The van der Waals surface area contributed by atoms with Crippen molar-refractivity contribution < 1.29 is 23.5 Å². The second-order valence-corrected chi connectivity index (χ2v) is 10.5. The summed E-state index contributed by atoms with van der Waals surface area (Å²) in [5.41, 5.74) is 1.78. The molecule has 4 heterocycles. The van der Waals surface area contributed by atoms with Gasteiger partial charge in [0.2, 0.25) is 0 Å². The van der Waals surface area contributed by atoms with E-state index < -0.39 is 23.5 Å². The van der Waals surface area contributed by atoms with E-state index in [-0.39, 0.29) is 24.4 Å². The van der Waals surface area contributed by atoms with Crippen LogP contribution >= 0.6 is 0 Å². The molecule has 3 aromatic heterocycles. The number of nitrogens with zero attached hydrogens (tertiary/aromatic N) is 5. The lowest BCUT2D eigenvalue weighted by Gasteiger charge is -2.27. The highest BCUT2D eigenvalue weighted by atomic mass is 19.1. The number of fused-ring (bicyclic) bond motifs is 1. The van der Waals surface area contributed by atoms with Crippen LogP contribution < -0.4 is 10.2 Å². The Morgan fingerprint density at radius 2 is 2.03 bits per heavy atom. The molecule has 10 nitrogen and oxygen atoms in total. The lowest BCUT2D eigenvalue weighted by molar-refractivity contribution is 0.0499. The number of carbonyl (C=O) groups excluding carboxylic acids is 2. The first-order chi connectivity index (χ1) is 18.1. The fourth-order valence-electron chi connectivity index (χ4n) is 4.64. The molecule has 1 amide bonds. The summed E-state index contributed by atoms with van der Waals surface area (Å²) >= 11 is 0. The molecule has 0 bridgehead atoms. The van der Waals surface area contributed by atoms with E-state index in [0.717, 1.165) is 30.6 Å². The Labute approximate surface area is 221 Å². The number of rotatable bonds is 8. The summed E-state index contributed by atoms with van der Waals surface area (Å²) in [6, 6.07) is 4.90. The van der Waals surface area contributed by atoms with Gasteiger partial charge in [0.15, 0.2) is 11.3 Å². The van der Waals surface area contributed by atoms with E-state index in [1.807, 2.05) is 33.8 Å². The Balaban J connectivity index is 1.54. The second-order valence-electron chi connectivity index (χ2n) is 10.5. The van der Waals surface area contributed by atoms with Crippen LogP contribution in [0.5, 0.6) is 0 Å². The van der Waals surface area contributed by atoms with Crippen molar-refractivity contribution in [3.05, 3.63) is 53.4 Å². The molecule has 0 spiro atoms. The lowest BCUT2D eigenvalue weighted by Crippen LogP contribution is -2.38. The first-order valence-corrected chi connectivity index (χ1v) is 13.0. The minimum atomic E-state index is -0.577. The molecule has 4 rings (SSSR count). The maximum Gasteiger partial charge on any atom is 0.407 e. The Hall–Kier alpha value is -3.76. The Morgan fingerprint density at radius 3 is 2.76 bits per heavy atom. The molecule has 38 heavy (non-hydrogen) atoms. The molecule has 0 aromatic carbocycles. The summed E-state index contributed by atoms with van der Waals surface area (Å²) in [7, 11) is 0. The quantitative estimate of drug-likeness (QED) is 0.423. The third-order valence-electron chi connectivity index (χ3n) is 6.29. The third kappa shape index (κ3) is 6.38. The number of imidazole rings is 1. The normalized spacial score (nSPS) is 16.5. The number of halogens is 1. The monoisotopic (exact) mass is 526 g/mol. The first kappa shape index (κ1) is 27.3. The van der Waals surface area contributed by atoms with Crippen molar-refractivity contribution in [3.63, 3.8) is 0 Å². The number of ether oxygens (including phenoxy) is 2. The van der Waals surface area contributed by atoms with E-state index in [0.29, 0.717) is 24.3 Å². The van der Waals surface area contributed by atoms with Gasteiger partial charge in [-0.15, -0.1) is 5.10 Å². The van der Waals surface area contributed by atoms with Gasteiger partial charge in [0.05, 0.1) is 25.0 Å². The van der Waals surface area contributed by atoms with E-state index in [1.165, 1.54) is 23.0 Å². The molecule has 2 atom stereocenters. The van der Waals surface area contributed by atoms with Crippen molar-refractivity contribution >= 4 is 23.5 Å². The van der Waals surface area contributed by atoms with E-state index >= 15 is 0 Å². The molecule has 1 unspecified atom stereocenters. The zero-order valence-electron chi connectivity index (χ0n) is 22.5. The van der Waals surface area contributed by atoms with Crippen LogP contribution in [0.3, 0.4) is 0 Å². The highest BCUT2D eigenvalue weighted by Gasteiger charge is 2.31. The number of carbonyl (C=O) groups is 2. The Kier molecular flexibility index (Phi) is 8.13. The molecule has 11 heteroatoms. The molecule has 204 valence electrons. The van der Waals surface area contributed by atoms with E-state index in [9.17, 15) is 14.0 Å². The molecule has 1 aliphatic heterocycles. The number of nitrogens with one attached hydrogen (secondary N) is 1. The van der Waals surface area contributed by atoms with Gasteiger partial charge in [-0.1, -0.05) is 0 Å². The number of hydrogen-bond donors (Lipinski definition) is 1. The lowest BCUT2D eigenvalue weighted by atomic mass is 9.98. The number of amides is 1. The number of anilines is 1. The Bertz CT molecular complexity index is 1300. The largest absolute Gasteiger partial charge is 0.461 e. The van der Waals surface area contributed by atoms with E-state index in [1.54, 1.807) is 13.0 Å². The van der Waals surface area contributed by atoms with Gasteiger partial charge in [-0.3, -0.25) is 4.98 Å². The molecule has 1 saturated heterocycles. The van der Waals surface area contributed by atoms with Gasteiger partial charge in [0.1, 0.15) is 17.2 Å². The fourth-order valence-corrected chi connectivity index (χ4v) is 4.64. The van der Waals surface area contributed by atoms with Gasteiger partial charge in [-0.25, -0.2) is 23.5 Å². The van der Waals surface area contributed by atoms with Crippen LogP contribution in [0.25, 0.3) is 5.65 Å². The minimum Gasteiger partial charge on any atom is -0.461 e. The summed E-state index contributed by atoms with van der Waals surface area (Å²) in [5, 5.41) is 7.54. The molecule has 1 N–H and O–H groups in total. The fraction of sp³-hybridized carbons (Fsp3) is 0.519. The van der Waals surface area contributed by atoms with Crippen LogP contribution in [-0.4, -0.2) is 56.4 Å². The summed E-state index contributed by atoms with van der Waals surface area (Å²) in [6.45, 7) is 10.1. The number of alkyl carbamates (subject to hydrolysis) is 1. The maximum atomic E-state index is 14.4. The van der Waals surface area contributed by atoms with E-state index in [4.69, 9.17) is 9.47 Å². The average molecular weight is 527 g/mol. The third-order valence-corrected chi connectivity index (χ3v) is 6.29. The van der Waals surface area contributed by atoms with Gasteiger partial charge < -0.3 is 19.7 Å². The first-order valence-electron chi connectivity index (χ1n) is 13.0. The molecular formula is C27H35FN6O4. The van der Waals surface area contributed by atoms with Crippen LogP contribution in [0.1, 0.15) is 81.7 Å². The predicted octanol–water partition coefficient (Wildman–Crippen LogP) is 4.63. The van der Waals surface area contributed by atoms with Crippen molar-refractivity contribution in [1.82, 2.24) is 24.9 Å². The van der Waals surface area contributed by atoms with Gasteiger partial charge >= 0.3 is 12.1 Å². The minimum absolute atomic E-state index is 0.137. The molecule has 0 radical (unpaired) electrons. The van der Waals surface area contributed by atoms with Gasteiger partial charge in [0.25, 0.3) is 0 Å². The van der Waals surface area contributed by atoms with Crippen molar-refractivity contribution in [2.45, 2.75) is 78.0 Å². The summed E-state index contributed by atoms with van der Waals surface area (Å²) < 4.78 is 26.4.